The van der Waals surface area contributed by atoms with Crippen LogP contribution in [0.4, 0.5) is 0 Å². The van der Waals surface area contributed by atoms with Gasteiger partial charge in [-0.2, -0.15) is 0 Å². The van der Waals surface area contributed by atoms with Crippen molar-refractivity contribution in [3.63, 3.8) is 0 Å². The molecule has 4 nitrogen and oxygen atoms in total. The summed E-state index contributed by atoms with van der Waals surface area (Å²) in [5.41, 5.74) is 2.05. The van der Waals surface area contributed by atoms with E-state index >= 15 is 0 Å². The fraction of sp³-hybridized carbons (Fsp3) is 0.300. The number of nitrogens with zero attached hydrogens (tertiary/aromatic N) is 3. The van der Waals surface area contributed by atoms with Crippen molar-refractivity contribution in [3.8, 4) is 5.75 Å². The molecule has 0 bridgehead atoms. The van der Waals surface area contributed by atoms with Gasteiger partial charge in [-0.15, -0.1) is 10.2 Å². The monoisotopic (exact) mass is 455 g/mol. The normalized spacial score (nSPS) is 12.2. The maximum absolute atomic E-state index is 6.10. The summed E-state index contributed by atoms with van der Waals surface area (Å²) in [4.78, 5) is 0. The van der Waals surface area contributed by atoms with E-state index < -0.39 is 0 Å². The second kappa shape index (κ2) is 9.40. The highest BCUT2D eigenvalue weighted by molar-refractivity contribution is 7.98. The number of thioether (sulfide) groups is 1. The molecule has 0 aliphatic heterocycles. The van der Waals surface area contributed by atoms with E-state index in [9.17, 15) is 0 Å². The summed E-state index contributed by atoms with van der Waals surface area (Å²) in [6.45, 7) is 6.73. The lowest BCUT2D eigenvalue weighted by atomic mass is 10.2. The number of benzene rings is 2. The van der Waals surface area contributed by atoms with Crippen molar-refractivity contribution in [1.82, 2.24) is 14.8 Å². The first-order valence-corrected chi connectivity index (χ1v) is 10.9. The highest BCUT2D eigenvalue weighted by Crippen LogP contribution is 2.30. The lowest BCUT2D eigenvalue weighted by Crippen LogP contribution is -2.12. The van der Waals surface area contributed by atoms with Crippen LogP contribution >= 0.6 is 46.6 Å². The molecule has 0 N–H and O–H groups in total. The molecule has 0 saturated carbocycles. The number of hydrogen-bond donors (Lipinski definition) is 0. The molecule has 0 saturated heterocycles. The van der Waals surface area contributed by atoms with Gasteiger partial charge in [0, 0.05) is 17.3 Å². The van der Waals surface area contributed by atoms with Crippen molar-refractivity contribution in [1.29, 1.82) is 0 Å². The van der Waals surface area contributed by atoms with Crippen LogP contribution in [0.15, 0.2) is 41.6 Å². The van der Waals surface area contributed by atoms with Gasteiger partial charge < -0.3 is 9.30 Å². The third-order valence-electron chi connectivity index (χ3n) is 4.22. The van der Waals surface area contributed by atoms with Gasteiger partial charge in [0.2, 0.25) is 0 Å². The minimum Gasteiger partial charge on any atom is -0.483 e. The van der Waals surface area contributed by atoms with Crippen LogP contribution in [0.5, 0.6) is 5.75 Å². The number of hydrogen-bond acceptors (Lipinski definition) is 4. The van der Waals surface area contributed by atoms with Gasteiger partial charge in [0.25, 0.3) is 0 Å². The molecule has 0 radical (unpaired) electrons. The Morgan fingerprint density at radius 2 is 1.79 bits per heavy atom. The molecule has 28 heavy (non-hydrogen) atoms. The lowest BCUT2D eigenvalue weighted by Gasteiger charge is -2.16. The van der Waals surface area contributed by atoms with Gasteiger partial charge in [0.15, 0.2) is 17.1 Å². The van der Waals surface area contributed by atoms with Crippen LogP contribution in [-0.4, -0.2) is 14.8 Å². The Morgan fingerprint density at radius 1 is 1.04 bits per heavy atom. The van der Waals surface area contributed by atoms with Gasteiger partial charge in [-0.25, -0.2) is 0 Å². The molecular formula is C20H20Cl3N3OS. The van der Waals surface area contributed by atoms with Crippen molar-refractivity contribution in [3.05, 3.63) is 68.4 Å². The smallest absolute Gasteiger partial charge is 0.191 e. The molecule has 0 aliphatic rings. The van der Waals surface area contributed by atoms with Crippen LogP contribution in [0.3, 0.4) is 0 Å². The van der Waals surface area contributed by atoms with Crippen molar-refractivity contribution < 1.29 is 4.74 Å². The van der Waals surface area contributed by atoms with Crippen LogP contribution in [0.25, 0.3) is 0 Å². The summed E-state index contributed by atoms with van der Waals surface area (Å²) in [6.07, 6.45) is -0.243. The molecule has 0 aliphatic carbocycles. The SMILES string of the molecule is CCn1c(SCc2ccc(Cl)c(Cl)c2)nnc1C(C)Oc1ccc(Cl)c(C)c1. The predicted octanol–water partition coefficient (Wildman–Crippen LogP) is 7.00. The Bertz CT molecular complexity index is 977. The Kier molecular flexibility index (Phi) is 7.15. The van der Waals surface area contributed by atoms with Crippen LogP contribution in [0, 0.1) is 6.92 Å². The van der Waals surface area contributed by atoms with Gasteiger partial charge in [0.1, 0.15) is 5.75 Å². The van der Waals surface area contributed by atoms with Crippen LogP contribution < -0.4 is 4.74 Å². The van der Waals surface area contributed by atoms with Crippen LogP contribution in [-0.2, 0) is 12.3 Å². The quantitative estimate of drug-likeness (QED) is 0.359. The van der Waals surface area contributed by atoms with E-state index in [0.717, 1.165) is 45.2 Å². The molecule has 1 aromatic heterocycles. The molecule has 0 fully saturated rings. The zero-order chi connectivity index (χ0) is 20.3. The van der Waals surface area contributed by atoms with E-state index in [4.69, 9.17) is 39.5 Å². The highest BCUT2D eigenvalue weighted by atomic mass is 35.5. The van der Waals surface area contributed by atoms with Gasteiger partial charge in [-0.1, -0.05) is 52.6 Å². The summed E-state index contributed by atoms with van der Waals surface area (Å²) in [5.74, 6) is 2.26. The van der Waals surface area contributed by atoms with Gasteiger partial charge >= 0.3 is 0 Å². The van der Waals surface area contributed by atoms with Crippen molar-refractivity contribution >= 4 is 46.6 Å². The topological polar surface area (TPSA) is 39.9 Å². The second-order valence-corrected chi connectivity index (χ2v) is 8.46. The first-order chi connectivity index (χ1) is 13.4. The van der Waals surface area contributed by atoms with E-state index in [1.165, 1.54) is 0 Å². The Balaban J connectivity index is 1.73. The molecule has 0 spiro atoms. The molecule has 148 valence electrons. The largest absolute Gasteiger partial charge is 0.483 e. The molecule has 0 amide bonds. The summed E-state index contributed by atoms with van der Waals surface area (Å²) in [5, 5.41) is 11.4. The summed E-state index contributed by atoms with van der Waals surface area (Å²) < 4.78 is 8.13. The Morgan fingerprint density at radius 3 is 2.46 bits per heavy atom. The number of halogens is 3. The Labute approximate surface area is 184 Å². The zero-order valence-electron chi connectivity index (χ0n) is 15.7. The maximum Gasteiger partial charge on any atom is 0.191 e. The summed E-state index contributed by atoms with van der Waals surface area (Å²) in [6, 6.07) is 11.3. The summed E-state index contributed by atoms with van der Waals surface area (Å²) in [7, 11) is 0. The van der Waals surface area contributed by atoms with E-state index in [-0.39, 0.29) is 6.10 Å². The van der Waals surface area contributed by atoms with Crippen LogP contribution in [0.2, 0.25) is 15.1 Å². The number of aromatic nitrogens is 3. The second-order valence-electron chi connectivity index (χ2n) is 6.29. The highest BCUT2D eigenvalue weighted by Gasteiger charge is 2.19. The average molecular weight is 457 g/mol. The number of ether oxygens (including phenoxy) is 1. The van der Waals surface area contributed by atoms with E-state index in [2.05, 4.69) is 21.7 Å². The summed E-state index contributed by atoms with van der Waals surface area (Å²) >= 11 is 19.8. The number of aryl methyl sites for hydroxylation is 1. The Hall–Kier alpha value is -1.40. The first kappa shape index (κ1) is 21.3. The molecular weight excluding hydrogens is 437 g/mol. The fourth-order valence-corrected chi connectivity index (χ4v) is 4.12. The van der Waals surface area contributed by atoms with Crippen molar-refractivity contribution in [2.45, 2.75) is 44.3 Å². The third-order valence-corrected chi connectivity index (χ3v) is 6.42. The van der Waals surface area contributed by atoms with Crippen molar-refractivity contribution in [2.75, 3.05) is 0 Å². The molecule has 8 heteroatoms. The van der Waals surface area contributed by atoms with Crippen LogP contribution in [0.1, 0.15) is 36.9 Å². The van der Waals surface area contributed by atoms with E-state index in [0.29, 0.717) is 10.0 Å². The molecule has 2 aromatic carbocycles. The van der Waals surface area contributed by atoms with E-state index in [1.54, 1.807) is 17.8 Å². The standard InChI is InChI=1S/C20H20Cl3N3OS/c1-4-26-19(13(3)27-15-6-8-16(21)12(2)9-15)24-25-20(26)28-11-14-5-7-17(22)18(23)10-14/h5-10,13H,4,11H2,1-3H3. The average Bonchev–Trinajstić information content (AvgIpc) is 3.08. The van der Waals surface area contributed by atoms with E-state index in [1.807, 2.05) is 44.2 Å². The molecule has 1 heterocycles. The third kappa shape index (κ3) is 4.95. The fourth-order valence-electron chi connectivity index (χ4n) is 2.73. The molecule has 1 unspecified atom stereocenters. The minimum absolute atomic E-state index is 0.243. The minimum atomic E-state index is -0.243. The number of rotatable bonds is 7. The molecule has 3 aromatic rings. The van der Waals surface area contributed by atoms with Crippen molar-refractivity contribution in [2.24, 2.45) is 0 Å². The maximum atomic E-state index is 6.10. The first-order valence-electron chi connectivity index (χ1n) is 8.81. The van der Waals surface area contributed by atoms with Gasteiger partial charge in [-0.3, -0.25) is 0 Å². The molecule has 3 rings (SSSR count). The van der Waals surface area contributed by atoms with Gasteiger partial charge in [0.05, 0.1) is 10.0 Å². The molecule has 1 atom stereocenters. The zero-order valence-corrected chi connectivity index (χ0v) is 18.8. The van der Waals surface area contributed by atoms with Gasteiger partial charge in [-0.05, 0) is 62.2 Å². The predicted molar refractivity (Wildman–Crippen MR) is 117 cm³/mol. The lowest BCUT2D eigenvalue weighted by molar-refractivity contribution is 0.210.